The number of nitrogens with zero attached hydrogens (tertiary/aromatic N) is 1. The summed E-state index contributed by atoms with van der Waals surface area (Å²) in [7, 11) is 0. The van der Waals surface area contributed by atoms with Crippen molar-refractivity contribution >= 4 is 35.2 Å². The van der Waals surface area contributed by atoms with Crippen LogP contribution >= 0.6 is 11.6 Å². The lowest BCUT2D eigenvalue weighted by molar-refractivity contribution is -0.146. The number of hydrogen-bond acceptors (Lipinski definition) is 6. The molecule has 0 saturated heterocycles. The maximum Gasteiger partial charge on any atom is 0.408 e. The standard InChI is InChI=1S/C28H36ClN3O6/c1-16-8-6-11-20(29)23(16)31-25(35)24(18-12-13-22(34)17(2)14-18)32(19-9-7-10-19)26(36)21(15-33)30-27(37)38-28(3,4)5/h6,8,11-14,19,21,24,33-34H,7,9-10,15H2,1-5H3,(H,30,37)(H,31,35). The predicted molar refractivity (Wildman–Crippen MR) is 145 cm³/mol. The molecule has 0 radical (unpaired) electrons. The average Bonchev–Trinajstić information content (AvgIpc) is 2.79. The van der Waals surface area contributed by atoms with Crippen LogP contribution in [-0.4, -0.2) is 57.3 Å². The zero-order chi connectivity index (χ0) is 28.2. The monoisotopic (exact) mass is 545 g/mol. The Morgan fingerprint density at radius 2 is 1.82 bits per heavy atom. The first-order valence-electron chi connectivity index (χ1n) is 12.6. The van der Waals surface area contributed by atoms with Gasteiger partial charge in [-0.15, -0.1) is 0 Å². The number of amides is 3. The Bertz CT molecular complexity index is 1170. The minimum absolute atomic E-state index is 0.0520. The predicted octanol–water partition coefficient (Wildman–Crippen LogP) is 4.61. The number of phenols is 1. The number of phenolic OH excluding ortho intramolecular Hbond substituents is 1. The molecule has 4 N–H and O–H groups in total. The van der Waals surface area contributed by atoms with Gasteiger partial charge in [-0.05, 0) is 88.8 Å². The van der Waals surface area contributed by atoms with Crippen LogP contribution in [0.1, 0.15) is 62.8 Å². The molecule has 0 aromatic heterocycles. The number of aliphatic hydroxyl groups excluding tert-OH is 1. The number of para-hydroxylation sites is 1. The molecule has 0 aliphatic heterocycles. The van der Waals surface area contributed by atoms with E-state index in [1.165, 1.54) is 11.0 Å². The SMILES string of the molecule is Cc1cc(C(C(=O)Nc2c(C)cccc2Cl)N(C(=O)C(CO)NC(=O)OC(C)(C)C)C2CCC2)ccc1O. The maximum atomic E-state index is 13.9. The number of anilines is 1. The molecule has 1 saturated carbocycles. The van der Waals surface area contributed by atoms with Gasteiger partial charge in [-0.2, -0.15) is 0 Å². The van der Waals surface area contributed by atoms with Crippen molar-refractivity contribution in [1.82, 2.24) is 10.2 Å². The lowest BCUT2D eigenvalue weighted by Gasteiger charge is -2.43. The highest BCUT2D eigenvalue weighted by molar-refractivity contribution is 6.34. The number of halogens is 1. The summed E-state index contributed by atoms with van der Waals surface area (Å²) in [4.78, 5) is 41.7. The number of carbonyl (C=O) groups excluding carboxylic acids is 3. The Labute approximate surface area is 228 Å². The molecule has 0 heterocycles. The Morgan fingerprint density at radius 3 is 2.34 bits per heavy atom. The van der Waals surface area contributed by atoms with Crippen LogP contribution in [0, 0.1) is 13.8 Å². The van der Waals surface area contributed by atoms with Crippen molar-refractivity contribution < 1.29 is 29.3 Å². The Hall–Kier alpha value is -3.30. The van der Waals surface area contributed by atoms with Crippen LogP contribution in [0.4, 0.5) is 10.5 Å². The van der Waals surface area contributed by atoms with Crippen LogP contribution in [-0.2, 0) is 14.3 Å². The highest BCUT2D eigenvalue weighted by atomic mass is 35.5. The van der Waals surface area contributed by atoms with E-state index in [2.05, 4.69) is 10.6 Å². The molecule has 3 amide bonds. The van der Waals surface area contributed by atoms with Crippen molar-refractivity contribution in [2.45, 2.75) is 77.6 Å². The number of hydrogen-bond donors (Lipinski definition) is 4. The maximum absolute atomic E-state index is 13.9. The molecule has 38 heavy (non-hydrogen) atoms. The van der Waals surface area contributed by atoms with Gasteiger partial charge in [-0.1, -0.05) is 29.8 Å². The highest BCUT2D eigenvalue weighted by Crippen LogP contribution is 2.36. The summed E-state index contributed by atoms with van der Waals surface area (Å²) in [6.45, 7) is 7.88. The fourth-order valence-corrected chi connectivity index (χ4v) is 4.54. The van der Waals surface area contributed by atoms with Crippen LogP contribution in [0.2, 0.25) is 5.02 Å². The van der Waals surface area contributed by atoms with E-state index < -0.39 is 42.2 Å². The summed E-state index contributed by atoms with van der Waals surface area (Å²) in [5, 5.41) is 25.9. The second kappa shape index (κ2) is 12.0. The fourth-order valence-electron chi connectivity index (χ4n) is 4.27. The number of carbonyl (C=O) groups is 3. The van der Waals surface area contributed by atoms with Crippen molar-refractivity contribution in [2.75, 3.05) is 11.9 Å². The van der Waals surface area contributed by atoms with E-state index in [1.807, 2.05) is 13.0 Å². The Kier molecular flexibility index (Phi) is 9.27. The van der Waals surface area contributed by atoms with Gasteiger partial charge >= 0.3 is 6.09 Å². The third kappa shape index (κ3) is 6.96. The smallest absolute Gasteiger partial charge is 0.408 e. The number of aliphatic hydroxyl groups is 1. The zero-order valence-electron chi connectivity index (χ0n) is 22.4. The second-order valence-corrected chi connectivity index (χ2v) is 11.0. The lowest BCUT2D eigenvalue weighted by atomic mass is 9.87. The fraction of sp³-hybridized carbons (Fsp3) is 0.464. The number of aromatic hydroxyl groups is 1. The van der Waals surface area contributed by atoms with Gasteiger partial charge in [0.25, 0.3) is 5.91 Å². The molecule has 1 aliphatic carbocycles. The molecule has 10 heteroatoms. The van der Waals surface area contributed by atoms with Gasteiger partial charge < -0.3 is 30.5 Å². The Balaban J connectivity index is 2.04. The van der Waals surface area contributed by atoms with Crippen LogP contribution < -0.4 is 10.6 Å². The quantitative estimate of drug-likeness (QED) is 0.383. The number of alkyl carbamates (subject to hydrolysis) is 1. The van der Waals surface area contributed by atoms with E-state index in [-0.39, 0.29) is 11.8 Å². The molecule has 206 valence electrons. The van der Waals surface area contributed by atoms with E-state index >= 15 is 0 Å². The van der Waals surface area contributed by atoms with Crippen molar-refractivity contribution in [3.05, 3.63) is 58.1 Å². The van der Waals surface area contributed by atoms with Gasteiger partial charge in [0.15, 0.2) is 0 Å². The third-order valence-electron chi connectivity index (χ3n) is 6.43. The van der Waals surface area contributed by atoms with Crippen molar-refractivity contribution in [3.63, 3.8) is 0 Å². The third-order valence-corrected chi connectivity index (χ3v) is 6.74. The average molecular weight is 546 g/mol. The van der Waals surface area contributed by atoms with Crippen LogP contribution in [0.15, 0.2) is 36.4 Å². The molecule has 0 spiro atoms. The van der Waals surface area contributed by atoms with Crippen molar-refractivity contribution in [2.24, 2.45) is 0 Å². The largest absolute Gasteiger partial charge is 0.508 e. The molecule has 3 rings (SSSR count). The van der Waals surface area contributed by atoms with Crippen LogP contribution in [0.5, 0.6) is 5.75 Å². The molecule has 0 bridgehead atoms. The summed E-state index contributed by atoms with van der Waals surface area (Å²) < 4.78 is 5.27. The minimum atomic E-state index is -1.33. The van der Waals surface area contributed by atoms with E-state index in [0.29, 0.717) is 34.7 Å². The molecule has 9 nitrogen and oxygen atoms in total. The normalized spacial score (nSPS) is 15.1. The Morgan fingerprint density at radius 1 is 1.13 bits per heavy atom. The van der Waals surface area contributed by atoms with E-state index in [9.17, 15) is 24.6 Å². The number of nitrogens with one attached hydrogen (secondary N) is 2. The number of rotatable bonds is 8. The minimum Gasteiger partial charge on any atom is -0.508 e. The lowest BCUT2D eigenvalue weighted by Crippen LogP contribution is -2.58. The van der Waals surface area contributed by atoms with Gasteiger partial charge in [-0.25, -0.2) is 4.79 Å². The summed E-state index contributed by atoms with van der Waals surface area (Å²) >= 11 is 6.37. The van der Waals surface area contributed by atoms with E-state index in [4.69, 9.17) is 16.3 Å². The molecule has 1 aliphatic rings. The number of aryl methyl sites for hydroxylation is 2. The van der Waals surface area contributed by atoms with Crippen molar-refractivity contribution in [3.8, 4) is 5.75 Å². The molecular weight excluding hydrogens is 510 g/mol. The first-order valence-corrected chi connectivity index (χ1v) is 13.0. The van der Waals surface area contributed by atoms with Crippen LogP contribution in [0.3, 0.4) is 0 Å². The first kappa shape index (κ1) is 29.3. The van der Waals surface area contributed by atoms with Crippen molar-refractivity contribution in [1.29, 1.82) is 0 Å². The van der Waals surface area contributed by atoms with Gasteiger partial charge in [0, 0.05) is 6.04 Å². The molecular formula is C28H36ClN3O6. The molecule has 2 aromatic carbocycles. The summed E-state index contributed by atoms with van der Waals surface area (Å²) in [5.74, 6) is -1.08. The summed E-state index contributed by atoms with van der Waals surface area (Å²) in [5.41, 5.74) is 1.36. The summed E-state index contributed by atoms with van der Waals surface area (Å²) in [6, 6.07) is 7.18. The molecule has 2 unspecified atom stereocenters. The first-order chi connectivity index (χ1) is 17.8. The molecule has 2 atom stereocenters. The zero-order valence-corrected chi connectivity index (χ0v) is 23.1. The number of ether oxygens (including phenoxy) is 1. The van der Waals surface area contributed by atoms with Gasteiger partial charge in [-0.3, -0.25) is 9.59 Å². The number of benzene rings is 2. The molecule has 2 aromatic rings. The second-order valence-electron chi connectivity index (χ2n) is 10.6. The highest BCUT2D eigenvalue weighted by Gasteiger charge is 2.42. The van der Waals surface area contributed by atoms with Crippen LogP contribution in [0.25, 0.3) is 0 Å². The van der Waals surface area contributed by atoms with E-state index in [0.717, 1.165) is 12.0 Å². The topological polar surface area (TPSA) is 128 Å². The molecule has 1 fully saturated rings. The van der Waals surface area contributed by atoms with Gasteiger partial charge in [0.1, 0.15) is 23.4 Å². The van der Waals surface area contributed by atoms with Gasteiger partial charge in [0.2, 0.25) is 5.91 Å². The summed E-state index contributed by atoms with van der Waals surface area (Å²) in [6.07, 6.45) is 1.32. The van der Waals surface area contributed by atoms with Gasteiger partial charge in [0.05, 0.1) is 17.3 Å². The van der Waals surface area contributed by atoms with E-state index in [1.54, 1.807) is 52.0 Å².